The van der Waals surface area contributed by atoms with Crippen LogP contribution in [-0.4, -0.2) is 44.6 Å². The van der Waals surface area contributed by atoms with E-state index in [1.54, 1.807) is 7.11 Å². The van der Waals surface area contributed by atoms with E-state index >= 15 is 0 Å². The molecule has 2 rings (SSSR count). The van der Waals surface area contributed by atoms with Crippen LogP contribution in [0.3, 0.4) is 0 Å². The van der Waals surface area contributed by atoms with Crippen LogP contribution in [0.15, 0.2) is 24.3 Å². The average Bonchev–Trinajstić information content (AvgIpc) is 3.04. The molecule has 0 unspecified atom stereocenters. The molecule has 0 saturated heterocycles. The number of nitrogens with one attached hydrogen (secondary N) is 1. The molecule has 1 aliphatic rings. The maximum absolute atomic E-state index is 12.1. The molecule has 1 N–H and O–H groups in total. The van der Waals surface area contributed by atoms with Crippen molar-refractivity contribution in [3.8, 4) is 5.75 Å². The molecule has 6 nitrogen and oxygen atoms in total. The van der Waals surface area contributed by atoms with Crippen molar-refractivity contribution in [1.29, 1.82) is 0 Å². The van der Waals surface area contributed by atoms with Crippen LogP contribution in [0.4, 0.5) is 0 Å². The summed E-state index contributed by atoms with van der Waals surface area (Å²) in [4.78, 5) is 12.1. The molecule has 0 radical (unpaired) electrons. The number of rotatable bonds is 7. The van der Waals surface area contributed by atoms with Crippen molar-refractivity contribution in [2.24, 2.45) is 0 Å². The predicted octanol–water partition coefficient (Wildman–Crippen LogP) is 1.52. The Morgan fingerprint density at radius 3 is 2.39 bits per heavy atom. The average molecular weight is 340 g/mol. The van der Waals surface area contributed by atoms with Crippen LogP contribution in [0, 0.1) is 0 Å². The van der Waals surface area contributed by atoms with E-state index in [0.717, 1.165) is 37.0 Å². The van der Waals surface area contributed by atoms with E-state index in [1.807, 2.05) is 24.3 Å². The summed E-state index contributed by atoms with van der Waals surface area (Å²) in [5.74, 6) is 0.475. The fourth-order valence-corrected chi connectivity index (χ4v) is 3.96. The summed E-state index contributed by atoms with van der Waals surface area (Å²) in [6.07, 6.45) is 4.87. The second-order valence-corrected chi connectivity index (χ2v) is 7.81. The Hall–Kier alpha value is -1.60. The first-order chi connectivity index (χ1) is 10.9. The topological polar surface area (TPSA) is 75.7 Å². The summed E-state index contributed by atoms with van der Waals surface area (Å²) in [5.41, 5.74) is 0.936. The number of methoxy groups -OCH3 is 1. The minimum absolute atomic E-state index is 0.0447. The molecule has 1 amide bonds. The van der Waals surface area contributed by atoms with Gasteiger partial charge in [-0.15, -0.1) is 0 Å². The van der Waals surface area contributed by atoms with Crippen LogP contribution in [0.5, 0.6) is 5.75 Å². The van der Waals surface area contributed by atoms with Crippen LogP contribution in [0.1, 0.15) is 31.2 Å². The van der Waals surface area contributed by atoms with E-state index in [1.165, 1.54) is 10.6 Å². The van der Waals surface area contributed by atoms with Crippen molar-refractivity contribution in [3.63, 3.8) is 0 Å². The van der Waals surface area contributed by atoms with Gasteiger partial charge in [0.2, 0.25) is 15.9 Å². The van der Waals surface area contributed by atoms with Gasteiger partial charge in [-0.25, -0.2) is 8.42 Å². The number of ether oxygens (including phenoxy) is 1. The number of benzene rings is 1. The predicted molar refractivity (Wildman–Crippen MR) is 88.6 cm³/mol. The lowest BCUT2D eigenvalue weighted by Gasteiger charge is -2.25. The number of amides is 1. The smallest absolute Gasteiger partial charge is 0.235 e. The zero-order valence-electron chi connectivity index (χ0n) is 13.6. The molecule has 7 heteroatoms. The first-order valence-electron chi connectivity index (χ1n) is 7.76. The van der Waals surface area contributed by atoms with Crippen molar-refractivity contribution in [2.45, 2.75) is 38.3 Å². The van der Waals surface area contributed by atoms with Crippen molar-refractivity contribution >= 4 is 15.9 Å². The molecule has 1 aromatic carbocycles. The van der Waals surface area contributed by atoms with E-state index in [4.69, 9.17) is 4.74 Å². The molecule has 1 aromatic rings. The van der Waals surface area contributed by atoms with Gasteiger partial charge in [-0.1, -0.05) is 25.0 Å². The summed E-state index contributed by atoms with van der Waals surface area (Å²) in [5, 5.41) is 2.78. The Balaban J connectivity index is 1.90. The Bertz CT molecular complexity index is 622. The first kappa shape index (κ1) is 17.7. The fourth-order valence-electron chi connectivity index (χ4n) is 2.85. The second-order valence-electron chi connectivity index (χ2n) is 5.87. The third kappa shape index (κ3) is 5.21. The number of hydrogen-bond acceptors (Lipinski definition) is 4. The van der Waals surface area contributed by atoms with E-state index in [0.29, 0.717) is 6.54 Å². The lowest BCUT2D eigenvalue weighted by Crippen LogP contribution is -2.44. The number of carbonyl (C=O) groups excluding carboxylic acids is 1. The zero-order valence-corrected chi connectivity index (χ0v) is 14.4. The van der Waals surface area contributed by atoms with Crippen molar-refractivity contribution in [1.82, 2.24) is 9.62 Å². The van der Waals surface area contributed by atoms with Crippen LogP contribution >= 0.6 is 0 Å². The molecule has 23 heavy (non-hydrogen) atoms. The van der Waals surface area contributed by atoms with Gasteiger partial charge in [0.05, 0.1) is 19.9 Å². The highest BCUT2D eigenvalue weighted by Gasteiger charge is 2.30. The molecular formula is C16H24N2O4S. The maximum atomic E-state index is 12.1. The maximum Gasteiger partial charge on any atom is 0.235 e. The normalized spacial score (nSPS) is 15.8. The zero-order chi connectivity index (χ0) is 16.9. The van der Waals surface area contributed by atoms with Crippen molar-refractivity contribution in [3.05, 3.63) is 29.8 Å². The minimum atomic E-state index is -3.38. The highest BCUT2D eigenvalue weighted by molar-refractivity contribution is 7.88. The van der Waals surface area contributed by atoms with Crippen LogP contribution < -0.4 is 10.1 Å². The third-order valence-electron chi connectivity index (χ3n) is 4.11. The third-order valence-corrected chi connectivity index (χ3v) is 5.39. The molecular weight excluding hydrogens is 316 g/mol. The SMILES string of the molecule is COc1ccc(CNC(=O)CN(C2CCCC2)S(C)(=O)=O)cc1. The van der Waals surface area contributed by atoms with E-state index in [-0.39, 0.29) is 18.5 Å². The van der Waals surface area contributed by atoms with Gasteiger partial charge in [-0.2, -0.15) is 4.31 Å². The number of sulfonamides is 1. The Morgan fingerprint density at radius 2 is 1.87 bits per heavy atom. The Labute approximate surface area is 137 Å². The van der Waals surface area contributed by atoms with E-state index in [2.05, 4.69) is 5.32 Å². The Kier molecular flexibility index (Phi) is 6.01. The van der Waals surface area contributed by atoms with Gasteiger partial charge in [0.1, 0.15) is 5.75 Å². The van der Waals surface area contributed by atoms with E-state index in [9.17, 15) is 13.2 Å². The lowest BCUT2D eigenvalue weighted by molar-refractivity contribution is -0.121. The van der Waals surface area contributed by atoms with Gasteiger partial charge in [0, 0.05) is 12.6 Å². The van der Waals surface area contributed by atoms with Gasteiger partial charge in [-0.3, -0.25) is 4.79 Å². The molecule has 0 heterocycles. The number of hydrogen-bond donors (Lipinski definition) is 1. The molecule has 1 fully saturated rings. The highest BCUT2D eigenvalue weighted by atomic mass is 32.2. The van der Waals surface area contributed by atoms with Crippen LogP contribution in [-0.2, 0) is 21.4 Å². The molecule has 0 aliphatic heterocycles. The Morgan fingerprint density at radius 1 is 1.26 bits per heavy atom. The molecule has 0 spiro atoms. The molecule has 0 aromatic heterocycles. The monoisotopic (exact) mass is 340 g/mol. The van der Waals surface area contributed by atoms with Crippen molar-refractivity contribution in [2.75, 3.05) is 19.9 Å². The minimum Gasteiger partial charge on any atom is -0.497 e. The summed E-state index contributed by atoms with van der Waals surface area (Å²) in [6.45, 7) is 0.255. The van der Waals surface area contributed by atoms with Crippen LogP contribution in [0.25, 0.3) is 0 Å². The van der Waals surface area contributed by atoms with Crippen LogP contribution in [0.2, 0.25) is 0 Å². The lowest BCUT2D eigenvalue weighted by atomic mass is 10.2. The molecule has 128 valence electrons. The quantitative estimate of drug-likeness (QED) is 0.816. The van der Waals surface area contributed by atoms with Crippen molar-refractivity contribution < 1.29 is 17.9 Å². The number of carbonyl (C=O) groups is 1. The summed E-state index contributed by atoms with van der Waals surface area (Å²) in [7, 11) is -1.78. The molecule has 0 bridgehead atoms. The standard InChI is InChI=1S/C16H24N2O4S/c1-22-15-9-7-13(8-10-15)11-17-16(19)12-18(23(2,20)21)14-5-3-4-6-14/h7-10,14H,3-6,11-12H2,1-2H3,(H,17,19). The first-order valence-corrected chi connectivity index (χ1v) is 9.61. The largest absolute Gasteiger partial charge is 0.497 e. The second kappa shape index (κ2) is 7.79. The van der Waals surface area contributed by atoms with Gasteiger partial charge >= 0.3 is 0 Å². The van der Waals surface area contributed by atoms with E-state index < -0.39 is 10.0 Å². The fraction of sp³-hybridized carbons (Fsp3) is 0.562. The summed E-state index contributed by atoms with van der Waals surface area (Å²) >= 11 is 0. The summed E-state index contributed by atoms with van der Waals surface area (Å²) in [6, 6.07) is 7.33. The van der Waals surface area contributed by atoms with Gasteiger partial charge in [0.25, 0.3) is 0 Å². The number of nitrogens with zero attached hydrogens (tertiary/aromatic N) is 1. The highest BCUT2D eigenvalue weighted by Crippen LogP contribution is 2.25. The molecule has 1 saturated carbocycles. The van der Waals surface area contributed by atoms with Gasteiger partial charge in [-0.05, 0) is 30.5 Å². The summed E-state index contributed by atoms with van der Waals surface area (Å²) < 4.78 is 30.3. The van der Waals surface area contributed by atoms with Gasteiger partial charge in [0.15, 0.2) is 0 Å². The van der Waals surface area contributed by atoms with Gasteiger partial charge < -0.3 is 10.1 Å². The molecule has 1 aliphatic carbocycles. The molecule has 0 atom stereocenters.